The fourth-order valence-corrected chi connectivity index (χ4v) is 4.52. The van der Waals surface area contributed by atoms with Crippen LogP contribution in [0.25, 0.3) is 22.2 Å². The van der Waals surface area contributed by atoms with Crippen LogP contribution < -0.4 is 5.32 Å². The fraction of sp³-hybridized carbons (Fsp3) is 0.192. The second-order valence-corrected chi connectivity index (χ2v) is 7.96. The number of amides is 1. The minimum absolute atomic E-state index is 0.0561. The van der Waals surface area contributed by atoms with E-state index >= 15 is 0 Å². The second-order valence-electron chi connectivity index (χ2n) is 7.96. The summed E-state index contributed by atoms with van der Waals surface area (Å²) in [5, 5.41) is 3.56. The Hall–Kier alpha value is -4.13. The van der Waals surface area contributed by atoms with Crippen LogP contribution in [0.2, 0.25) is 0 Å². The molecular weight excluding hydrogens is 418 g/mol. The van der Waals surface area contributed by atoms with Crippen molar-refractivity contribution < 1.29 is 19.1 Å². The summed E-state index contributed by atoms with van der Waals surface area (Å²) in [6.07, 6.45) is 3.07. The minimum Gasteiger partial charge on any atom is -0.467 e. The minimum atomic E-state index is -0.884. The smallest absolute Gasteiger partial charge is 0.407 e. The first kappa shape index (κ1) is 20.8. The van der Waals surface area contributed by atoms with Crippen LogP contribution in [-0.4, -0.2) is 41.8 Å². The molecule has 1 atom stereocenters. The fourth-order valence-electron chi connectivity index (χ4n) is 4.52. The van der Waals surface area contributed by atoms with Gasteiger partial charge in [0.1, 0.15) is 18.3 Å². The molecular formula is C26H23N3O4. The number of hydrogen-bond acceptors (Lipinski definition) is 5. The molecule has 0 saturated heterocycles. The van der Waals surface area contributed by atoms with E-state index in [1.807, 2.05) is 36.4 Å². The molecule has 0 radical (unpaired) electrons. The van der Waals surface area contributed by atoms with Crippen molar-refractivity contribution in [1.29, 1.82) is 0 Å². The molecule has 2 aromatic heterocycles. The third-order valence-corrected chi connectivity index (χ3v) is 6.08. The first-order valence-electron chi connectivity index (χ1n) is 10.8. The molecule has 166 valence electrons. The molecule has 1 aliphatic carbocycles. The third kappa shape index (κ3) is 3.93. The summed E-state index contributed by atoms with van der Waals surface area (Å²) in [7, 11) is 1.30. The maximum absolute atomic E-state index is 12.7. The summed E-state index contributed by atoms with van der Waals surface area (Å²) in [6, 6.07) is 19.1. The molecule has 5 rings (SSSR count). The monoisotopic (exact) mass is 441 g/mol. The van der Waals surface area contributed by atoms with Gasteiger partial charge in [-0.15, -0.1) is 0 Å². The van der Waals surface area contributed by atoms with E-state index in [0.717, 1.165) is 38.9 Å². The lowest BCUT2D eigenvalue weighted by atomic mass is 9.98. The van der Waals surface area contributed by atoms with Crippen molar-refractivity contribution in [3.8, 4) is 11.1 Å². The molecule has 2 N–H and O–H groups in total. The molecule has 2 aromatic carbocycles. The average Bonchev–Trinajstić information content (AvgIpc) is 3.41. The number of fused-ring (bicyclic) bond motifs is 4. The van der Waals surface area contributed by atoms with Crippen LogP contribution in [0.3, 0.4) is 0 Å². The summed E-state index contributed by atoms with van der Waals surface area (Å²) in [5.41, 5.74) is 6.14. The van der Waals surface area contributed by atoms with Gasteiger partial charge in [-0.1, -0.05) is 48.5 Å². The van der Waals surface area contributed by atoms with Crippen molar-refractivity contribution in [3.63, 3.8) is 0 Å². The zero-order valence-electron chi connectivity index (χ0n) is 18.1. The van der Waals surface area contributed by atoms with E-state index < -0.39 is 18.1 Å². The van der Waals surface area contributed by atoms with Gasteiger partial charge >= 0.3 is 12.1 Å². The Labute approximate surface area is 190 Å². The van der Waals surface area contributed by atoms with Crippen molar-refractivity contribution in [1.82, 2.24) is 15.3 Å². The SMILES string of the molecule is COC(=O)C(Cc1c[nH]c2ncccc12)NC(=O)OCC1c2ccccc2-c2ccccc21. The number of carbonyl (C=O) groups is 2. The first-order valence-corrected chi connectivity index (χ1v) is 10.8. The van der Waals surface area contributed by atoms with Gasteiger partial charge < -0.3 is 19.8 Å². The predicted octanol–water partition coefficient (Wildman–Crippen LogP) is 4.19. The lowest BCUT2D eigenvalue weighted by Gasteiger charge is -2.18. The number of carbonyl (C=O) groups excluding carboxylic acids is 2. The molecule has 4 aromatic rings. The van der Waals surface area contributed by atoms with Crippen molar-refractivity contribution in [3.05, 3.63) is 89.7 Å². The Bertz CT molecular complexity index is 1280. The molecule has 7 heteroatoms. The maximum atomic E-state index is 12.7. The lowest BCUT2D eigenvalue weighted by molar-refractivity contribution is -0.142. The number of rotatable bonds is 6. The van der Waals surface area contributed by atoms with Gasteiger partial charge in [0.2, 0.25) is 0 Å². The average molecular weight is 441 g/mol. The van der Waals surface area contributed by atoms with Crippen LogP contribution in [-0.2, 0) is 20.7 Å². The summed E-state index contributed by atoms with van der Waals surface area (Å²) in [5.74, 6) is -0.596. The van der Waals surface area contributed by atoms with Crippen molar-refractivity contribution in [2.45, 2.75) is 18.4 Å². The topological polar surface area (TPSA) is 93.3 Å². The Morgan fingerprint density at radius 3 is 2.42 bits per heavy atom. The number of aromatic amines is 1. The van der Waals surface area contributed by atoms with Gasteiger partial charge in [-0.2, -0.15) is 0 Å². The quantitative estimate of drug-likeness (QED) is 0.438. The van der Waals surface area contributed by atoms with Gasteiger partial charge in [0.15, 0.2) is 0 Å². The number of aromatic nitrogens is 2. The van der Waals surface area contributed by atoms with E-state index in [0.29, 0.717) is 0 Å². The molecule has 2 heterocycles. The highest BCUT2D eigenvalue weighted by atomic mass is 16.6. The summed E-state index contributed by atoms with van der Waals surface area (Å²) in [4.78, 5) is 32.4. The molecule has 1 aliphatic rings. The van der Waals surface area contributed by atoms with E-state index in [-0.39, 0.29) is 18.9 Å². The molecule has 1 amide bonds. The Morgan fingerprint density at radius 1 is 1.03 bits per heavy atom. The molecule has 0 fully saturated rings. The van der Waals surface area contributed by atoms with Crippen LogP contribution in [0.4, 0.5) is 4.79 Å². The highest BCUT2D eigenvalue weighted by Gasteiger charge is 2.30. The Balaban J connectivity index is 1.29. The highest BCUT2D eigenvalue weighted by molar-refractivity contribution is 5.84. The third-order valence-electron chi connectivity index (χ3n) is 6.08. The predicted molar refractivity (Wildman–Crippen MR) is 124 cm³/mol. The number of pyridine rings is 1. The number of esters is 1. The van der Waals surface area contributed by atoms with E-state index in [9.17, 15) is 9.59 Å². The van der Waals surface area contributed by atoms with Crippen molar-refractivity contribution in [2.75, 3.05) is 13.7 Å². The number of H-pyrrole nitrogens is 1. The molecule has 1 unspecified atom stereocenters. The second kappa shape index (κ2) is 8.78. The van der Waals surface area contributed by atoms with Gasteiger partial charge in [0, 0.05) is 30.1 Å². The van der Waals surface area contributed by atoms with Gasteiger partial charge in [-0.25, -0.2) is 14.6 Å². The summed E-state index contributed by atoms with van der Waals surface area (Å²) < 4.78 is 10.5. The van der Waals surface area contributed by atoms with Crippen molar-refractivity contribution >= 4 is 23.1 Å². The highest BCUT2D eigenvalue weighted by Crippen LogP contribution is 2.44. The van der Waals surface area contributed by atoms with Crippen LogP contribution in [0, 0.1) is 0 Å². The van der Waals surface area contributed by atoms with Gasteiger partial charge in [-0.05, 0) is 39.9 Å². The van der Waals surface area contributed by atoms with E-state index in [1.54, 1.807) is 12.4 Å². The molecule has 33 heavy (non-hydrogen) atoms. The number of benzene rings is 2. The maximum Gasteiger partial charge on any atom is 0.407 e. The van der Waals surface area contributed by atoms with Crippen molar-refractivity contribution in [2.24, 2.45) is 0 Å². The summed E-state index contributed by atoms with van der Waals surface area (Å²) in [6.45, 7) is 0.171. The number of alkyl carbamates (subject to hydrolysis) is 1. The van der Waals surface area contributed by atoms with Gasteiger partial charge in [0.25, 0.3) is 0 Å². The van der Waals surface area contributed by atoms with E-state index in [4.69, 9.17) is 9.47 Å². The van der Waals surface area contributed by atoms with Crippen LogP contribution in [0.1, 0.15) is 22.6 Å². The molecule has 0 bridgehead atoms. The normalized spacial score (nSPS) is 13.2. The molecule has 7 nitrogen and oxygen atoms in total. The Morgan fingerprint density at radius 2 is 1.73 bits per heavy atom. The number of nitrogens with zero attached hydrogens (tertiary/aromatic N) is 1. The van der Waals surface area contributed by atoms with Gasteiger partial charge in [0.05, 0.1) is 7.11 Å². The number of nitrogens with one attached hydrogen (secondary N) is 2. The van der Waals surface area contributed by atoms with Crippen LogP contribution in [0.15, 0.2) is 73.1 Å². The molecule has 0 saturated carbocycles. The first-order chi connectivity index (χ1) is 16.2. The van der Waals surface area contributed by atoms with Crippen LogP contribution >= 0.6 is 0 Å². The van der Waals surface area contributed by atoms with Crippen LogP contribution in [0.5, 0.6) is 0 Å². The number of methoxy groups -OCH3 is 1. The van der Waals surface area contributed by atoms with E-state index in [1.165, 1.54) is 7.11 Å². The standard InChI is InChI=1S/C26H23N3O4/c1-32-25(30)23(13-16-14-28-24-17(16)11-6-12-27-24)29-26(31)33-15-22-20-9-4-2-7-18(20)19-8-3-5-10-21(19)22/h2-12,14,22-23H,13,15H2,1H3,(H,27,28)(H,29,31). The zero-order chi connectivity index (χ0) is 22.8. The number of ether oxygens (including phenoxy) is 2. The zero-order valence-corrected chi connectivity index (χ0v) is 18.1. The summed E-state index contributed by atoms with van der Waals surface area (Å²) >= 11 is 0. The van der Waals surface area contributed by atoms with Gasteiger partial charge in [-0.3, -0.25) is 0 Å². The van der Waals surface area contributed by atoms with E-state index in [2.05, 4.69) is 39.6 Å². The Kier molecular flexibility index (Phi) is 5.52. The molecule has 0 spiro atoms. The lowest BCUT2D eigenvalue weighted by Crippen LogP contribution is -2.43. The number of hydrogen-bond donors (Lipinski definition) is 2. The largest absolute Gasteiger partial charge is 0.467 e. The molecule has 0 aliphatic heterocycles.